The van der Waals surface area contributed by atoms with Gasteiger partial charge in [0.2, 0.25) is 10.0 Å². The molecule has 1 aromatic heterocycles. The topological polar surface area (TPSA) is 90.0 Å². The van der Waals surface area contributed by atoms with E-state index in [1.807, 2.05) is 0 Å². The molecule has 1 aliphatic carbocycles. The third kappa shape index (κ3) is 5.16. The van der Waals surface area contributed by atoms with Crippen LogP contribution in [-0.4, -0.2) is 31.3 Å². The SMILES string of the molecule is CNC1Cc2cc(F)c(CCn3cc(S(N)(=O)=O)cn3)cc2C1Cc1cccc(C(F)(F)F)c1. The second-order valence-electron chi connectivity index (χ2n) is 8.48. The average Bonchev–Trinajstić information content (AvgIpc) is 3.36. The van der Waals surface area contributed by atoms with Gasteiger partial charge >= 0.3 is 6.18 Å². The van der Waals surface area contributed by atoms with Gasteiger partial charge in [-0.05, 0) is 60.7 Å². The summed E-state index contributed by atoms with van der Waals surface area (Å²) in [6.45, 7) is 0.235. The molecule has 0 amide bonds. The lowest BCUT2D eigenvalue weighted by molar-refractivity contribution is -0.137. The summed E-state index contributed by atoms with van der Waals surface area (Å²) in [4.78, 5) is -0.125. The van der Waals surface area contributed by atoms with E-state index in [0.717, 1.165) is 29.5 Å². The van der Waals surface area contributed by atoms with E-state index in [2.05, 4.69) is 10.4 Å². The monoisotopic (exact) mass is 496 g/mol. The maximum Gasteiger partial charge on any atom is 0.416 e. The third-order valence-corrected chi connectivity index (χ3v) is 7.13. The van der Waals surface area contributed by atoms with Crippen molar-refractivity contribution in [2.24, 2.45) is 5.14 Å². The van der Waals surface area contributed by atoms with E-state index >= 15 is 0 Å². The highest BCUT2D eigenvalue weighted by atomic mass is 32.2. The Morgan fingerprint density at radius 3 is 2.65 bits per heavy atom. The summed E-state index contributed by atoms with van der Waals surface area (Å²) < 4.78 is 78.5. The van der Waals surface area contributed by atoms with Gasteiger partial charge in [-0.15, -0.1) is 0 Å². The third-order valence-electron chi connectivity index (χ3n) is 6.26. The highest BCUT2D eigenvalue weighted by molar-refractivity contribution is 7.89. The Bertz CT molecular complexity index is 1300. The van der Waals surface area contributed by atoms with Crippen LogP contribution in [0, 0.1) is 5.82 Å². The lowest BCUT2D eigenvalue weighted by Crippen LogP contribution is -2.30. The van der Waals surface area contributed by atoms with E-state index in [-0.39, 0.29) is 35.6 Å². The van der Waals surface area contributed by atoms with Crippen LogP contribution < -0.4 is 10.5 Å². The Morgan fingerprint density at radius 1 is 1.24 bits per heavy atom. The maximum absolute atomic E-state index is 14.8. The zero-order valence-corrected chi connectivity index (χ0v) is 19.1. The predicted octanol–water partition coefficient (Wildman–Crippen LogP) is 3.40. The standard InChI is InChI=1S/C23H24F4N4O2S/c1-29-22-11-16-10-21(24)15(5-6-31-13-18(12-30-31)34(28,32)33)9-19(16)20(22)8-14-3-2-4-17(7-14)23(25,26)27/h2-4,7,9-10,12-13,20,22,29H,5-6,8,11H2,1H3,(H2,28,32,33). The van der Waals surface area contributed by atoms with E-state index in [9.17, 15) is 26.0 Å². The summed E-state index contributed by atoms with van der Waals surface area (Å²) in [5.74, 6) is -0.506. The van der Waals surface area contributed by atoms with Crippen LogP contribution >= 0.6 is 0 Å². The van der Waals surface area contributed by atoms with E-state index in [1.165, 1.54) is 23.0 Å². The Morgan fingerprint density at radius 2 is 2.00 bits per heavy atom. The van der Waals surface area contributed by atoms with Crippen LogP contribution in [0.25, 0.3) is 0 Å². The first kappa shape index (κ1) is 24.4. The molecule has 3 aromatic rings. The van der Waals surface area contributed by atoms with Crippen molar-refractivity contribution in [2.75, 3.05) is 7.05 Å². The van der Waals surface area contributed by atoms with Crippen molar-refractivity contribution in [2.45, 2.75) is 48.8 Å². The highest BCUT2D eigenvalue weighted by Crippen LogP contribution is 2.38. The summed E-state index contributed by atoms with van der Waals surface area (Å²) in [7, 11) is -2.09. The number of aromatic nitrogens is 2. The van der Waals surface area contributed by atoms with Crippen LogP contribution in [0.3, 0.4) is 0 Å². The number of nitrogens with zero attached hydrogens (tertiary/aromatic N) is 2. The van der Waals surface area contributed by atoms with Gasteiger partial charge in [0.1, 0.15) is 10.7 Å². The first-order valence-electron chi connectivity index (χ1n) is 10.7. The molecule has 1 heterocycles. The molecule has 1 aliphatic rings. The molecule has 0 saturated carbocycles. The predicted molar refractivity (Wildman–Crippen MR) is 118 cm³/mol. The van der Waals surface area contributed by atoms with Gasteiger partial charge < -0.3 is 5.32 Å². The molecule has 2 atom stereocenters. The molecule has 3 N–H and O–H groups in total. The molecular weight excluding hydrogens is 472 g/mol. The molecule has 0 bridgehead atoms. The second-order valence-corrected chi connectivity index (χ2v) is 10.0. The number of alkyl halides is 3. The zero-order chi connectivity index (χ0) is 24.7. The minimum atomic E-state index is -4.42. The van der Waals surface area contributed by atoms with Gasteiger partial charge in [0.05, 0.1) is 11.8 Å². The van der Waals surface area contributed by atoms with E-state index in [4.69, 9.17) is 5.14 Å². The van der Waals surface area contributed by atoms with Crippen LogP contribution in [0.4, 0.5) is 17.6 Å². The van der Waals surface area contributed by atoms with Crippen molar-refractivity contribution >= 4 is 10.0 Å². The minimum Gasteiger partial charge on any atom is -0.316 e. The minimum absolute atomic E-state index is 0.0392. The van der Waals surface area contributed by atoms with Crippen LogP contribution in [0.2, 0.25) is 0 Å². The van der Waals surface area contributed by atoms with Crippen molar-refractivity contribution in [1.29, 1.82) is 0 Å². The van der Waals surface area contributed by atoms with Gasteiger partial charge in [0.15, 0.2) is 0 Å². The fourth-order valence-corrected chi connectivity index (χ4v) is 4.98. The van der Waals surface area contributed by atoms with E-state index in [1.54, 1.807) is 19.2 Å². The quantitative estimate of drug-likeness (QED) is 0.491. The summed E-state index contributed by atoms with van der Waals surface area (Å²) in [6, 6.07) is 8.50. The van der Waals surface area contributed by atoms with Gasteiger partial charge in [0, 0.05) is 24.7 Å². The highest BCUT2D eigenvalue weighted by Gasteiger charge is 2.34. The number of aryl methyl sites for hydroxylation is 2. The number of primary sulfonamides is 1. The normalized spacial score (nSPS) is 18.3. The fraction of sp³-hybridized carbons (Fsp3) is 0.348. The molecule has 2 unspecified atom stereocenters. The zero-order valence-electron chi connectivity index (χ0n) is 18.3. The maximum atomic E-state index is 14.8. The van der Waals surface area contributed by atoms with Crippen molar-refractivity contribution in [3.63, 3.8) is 0 Å². The van der Waals surface area contributed by atoms with Crippen molar-refractivity contribution in [3.05, 3.63) is 82.4 Å². The molecule has 0 radical (unpaired) electrons. The molecular formula is C23H24F4N4O2S. The Balaban J connectivity index is 1.58. The molecule has 11 heteroatoms. The molecule has 4 rings (SSSR count). The number of hydrogen-bond acceptors (Lipinski definition) is 4. The number of halogens is 4. The number of likely N-dealkylation sites (N-methyl/N-ethyl adjacent to an activating group) is 1. The second kappa shape index (κ2) is 9.12. The Labute approximate surface area is 194 Å². The molecule has 182 valence electrons. The van der Waals surface area contributed by atoms with Crippen molar-refractivity contribution in [3.8, 4) is 0 Å². The van der Waals surface area contributed by atoms with Crippen molar-refractivity contribution in [1.82, 2.24) is 15.1 Å². The summed E-state index contributed by atoms with van der Waals surface area (Å²) >= 11 is 0. The van der Waals surface area contributed by atoms with Crippen LogP contribution in [0.15, 0.2) is 53.7 Å². The van der Waals surface area contributed by atoms with Gasteiger partial charge in [-0.1, -0.05) is 24.3 Å². The molecule has 0 fully saturated rings. The first-order chi connectivity index (χ1) is 16.0. The van der Waals surface area contributed by atoms with E-state index < -0.39 is 21.8 Å². The number of fused-ring (bicyclic) bond motifs is 1. The summed E-state index contributed by atoms with van der Waals surface area (Å²) in [5.41, 5.74) is 2.03. The molecule has 0 saturated heterocycles. The number of nitrogens with one attached hydrogen (secondary N) is 1. The average molecular weight is 497 g/mol. The smallest absolute Gasteiger partial charge is 0.316 e. The lowest BCUT2D eigenvalue weighted by Gasteiger charge is -2.21. The largest absolute Gasteiger partial charge is 0.416 e. The van der Waals surface area contributed by atoms with E-state index in [0.29, 0.717) is 24.0 Å². The Hall–Kier alpha value is -2.76. The first-order valence-corrected chi connectivity index (χ1v) is 12.2. The lowest BCUT2D eigenvalue weighted by atomic mass is 9.89. The van der Waals surface area contributed by atoms with Crippen LogP contribution in [-0.2, 0) is 42.0 Å². The van der Waals surface area contributed by atoms with Crippen LogP contribution in [0.1, 0.15) is 33.7 Å². The number of nitrogens with two attached hydrogens (primary N) is 1. The van der Waals surface area contributed by atoms with Gasteiger partial charge in [0.25, 0.3) is 0 Å². The number of hydrogen-bond donors (Lipinski definition) is 2. The number of sulfonamides is 1. The number of rotatable bonds is 7. The number of benzene rings is 2. The molecule has 0 spiro atoms. The van der Waals surface area contributed by atoms with Gasteiger partial charge in [-0.25, -0.2) is 17.9 Å². The van der Waals surface area contributed by atoms with Crippen molar-refractivity contribution < 1.29 is 26.0 Å². The van der Waals surface area contributed by atoms with Gasteiger partial charge in [-0.3, -0.25) is 4.68 Å². The summed E-state index contributed by atoms with van der Waals surface area (Å²) in [6.07, 6.45) is -0.789. The Kier molecular flexibility index (Phi) is 6.54. The molecule has 0 aliphatic heterocycles. The van der Waals surface area contributed by atoms with Crippen LogP contribution in [0.5, 0.6) is 0 Å². The molecule has 34 heavy (non-hydrogen) atoms. The molecule has 6 nitrogen and oxygen atoms in total. The van der Waals surface area contributed by atoms with Gasteiger partial charge in [-0.2, -0.15) is 18.3 Å². The molecule has 2 aromatic carbocycles. The fourth-order valence-electron chi connectivity index (χ4n) is 4.52. The summed E-state index contributed by atoms with van der Waals surface area (Å²) in [5, 5.41) is 12.3.